The summed E-state index contributed by atoms with van der Waals surface area (Å²) in [5.74, 6) is -0.515. The number of anilines is 1. The average Bonchev–Trinajstić information content (AvgIpc) is 3.57. The topological polar surface area (TPSA) is 59.8 Å². The first-order chi connectivity index (χ1) is 15.6. The van der Waals surface area contributed by atoms with Crippen molar-refractivity contribution in [2.45, 2.75) is 44.2 Å². The van der Waals surface area contributed by atoms with Gasteiger partial charge in [-0.05, 0) is 19.8 Å². The average molecular weight is 466 g/mol. The van der Waals surface area contributed by atoms with Crippen molar-refractivity contribution in [1.29, 1.82) is 0 Å². The van der Waals surface area contributed by atoms with Gasteiger partial charge in [0.25, 0.3) is 18.4 Å². The molecule has 3 aromatic rings. The molecule has 0 unspecified atom stereocenters. The molecule has 0 saturated heterocycles. The fourth-order valence-electron chi connectivity index (χ4n) is 3.70. The van der Waals surface area contributed by atoms with Crippen LogP contribution in [-0.2, 0) is 5.54 Å². The largest absolute Gasteiger partial charge is 0.352 e. The highest BCUT2D eigenvalue weighted by atomic mass is 19.3. The first-order valence-electron chi connectivity index (χ1n) is 9.78. The summed E-state index contributed by atoms with van der Waals surface area (Å²) in [6, 6.07) is 1.98. The lowest BCUT2D eigenvalue weighted by molar-refractivity contribution is 0.0648. The number of aryl methyl sites for hydroxylation is 1. The number of pyridine rings is 1. The maximum atomic E-state index is 14.9. The molecule has 2 heterocycles. The van der Waals surface area contributed by atoms with Crippen LogP contribution in [0.5, 0.6) is 0 Å². The fraction of sp³-hybridized carbons (Fsp3) is 0.318. The van der Waals surface area contributed by atoms with Gasteiger partial charge in [-0.2, -0.15) is 4.39 Å². The van der Waals surface area contributed by atoms with Crippen molar-refractivity contribution >= 4 is 16.7 Å². The van der Waals surface area contributed by atoms with Crippen LogP contribution in [0.15, 0.2) is 29.2 Å². The summed E-state index contributed by atoms with van der Waals surface area (Å²) in [6.07, 6.45) is 0.459. The minimum Gasteiger partial charge on any atom is -0.352 e. The number of fused-ring (bicyclic) bond motifs is 1. The summed E-state index contributed by atoms with van der Waals surface area (Å²) in [5.41, 5.74) is -4.68. The number of rotatable bonds is 6. The van der Waals surface area contributed by atoms with E-state index in [1.807, 2.05) is 0 Å². The lowest BCUT2D eigenvalue weighted by atomic mass is 10.0. The molecule has 0 aliphatic heterocycles. The zero-order chi connectivity index (χ0) is 24.1. The second-order valence-corrected chi connectivity index (χ2v) is 7.70. The maximum absolute atomic E-state index is 14.9. The maximum Gasteiger partial charge on any atom is 0.289 e. The summed E-state index contributed by atoms with van der Waals surface area (Å²) >= 11 is 0. The first kappa shape index (κ1) is 22.6. The Hall–Kier alpha value is -3.55. The molecule has 0 radical (unpaired) electrons. The van der Waals surface area contributed by atoms with E-state index in [9.17, 15) is 31.1 Å². The van der Waals surface area contributed by atoms with Gasteiger partial charge in [-0.1, -0.05) is 24.1 Å². The third-order valence-electron chi connectivity index (χ3n) is 5.63. The monoisotopic (exact) mass is 466 g/mol. The van der Waals surface area contributed by atoms with E-state index >= 15 is 0 Å². The Bertz CT molecular complexity index is 1340. The van der Waals surface area contributed by atoms with Gasteiger partial charge >= 0.3 is 0 Å². The highest BCUT2D eigenvalue weighted by Gasteiger charge is 2.54. The second-order valence-electron chi connectivity index (χ2n) is 7.70. The van der Waals surface area contributed by atoms with Crippen molar-refractivity contribution in [1.82, 2.24) is 14.5 Å². The van der Waals surface area contributed by atoms with Crippen molar-refractivity contribution in [3.8, 4) is 12.3 Å². The highest BCUT2D eigenvalue weighted by Crippen LogP contribution is 2.48. The molecular formula is C22H16F6N4O. The predicted molar refractivity (Wildman–Crippen MR) is 108 cm³/mol. The normalized spacial score (nSPS) is 15.6. The molecule has 33 heavy (non-hydrogen) atoms. The Labute approximate surface area is 183 Å². The molecule has 1 N–H and O–H groups in total. The van der Waals surface area contributed by atoms with Gasteiger partial charge in [-0.15, -0.1) is 6.42 Å². The van der Waals surface area contributed by atoms with Crippen LogP contribution in [0.2, 0.25) is 0 Å². The molecule has 11 heteroatoms. The summed E-state index contributed by atoms with van der Waals surface area (Å²) in [4.78, 5) is 20.5. The van der Waals surface area contributed by atoms with Crippen LogP contribution < -0.4 is 10.9 Å². The highest BCUT2D eigenvalue weighted by molar-refractivity contribution is 5.89. The van der Waals surface area contributed by atoms with Gasteiger partial charge in [0.15, 0.2) is 0 Å². The standard InChI is InChI=1S/C22H16F6N4O/c1-3-14(11-5-4-6-12(15(11)23)18(25)26)31-19-13-9-32(22(7-8-22)21(27)28)20(33)16(24)17(13)29-10(2)30-19/h1,4-6,9,14,18,21H,7-8H2,2H3,(H,29,30,31)/t14-/m1/s1. The van der Waals surface area contributed by atoms with E-state index in [1.54, 1.807) is 0 Å². The Morgan fingerprint density at radius 1 is 1.12 bits per heavy atom. The summed E-state index contributed by atoms with van der Waals surface area (Å²) in [5, 5.41) is 2.53. The van der Waals surface area contributed by atoms with Crippen LogP contribution in [0.4, 0.5) is 32.2 Å². The molecular weight excluding hydrogens is 450 g/mol. The molecule has 2 aromatic heterocycles. The van der Waals surface area contributed by atoms with Crippen LogP contribution in [-0.4, -0.2) is 21.0 Å². The Kier molecular flexibility index (Phi) is 5.56. The number of hydrogen-bond acceptors (Lipinski definition) is 4. The number of nitrogens with one attached hydrogen (secondary N) is 1. The second kappa shape index (κ2) is 8.10. The number of benzene rings is 1. The lowest BCUT2D eigenvalue weighted by Gasteiger charge is -2.21. The van der Waals surface area contributed by atoms with Crippen LogP contribution >= 0.6 is 0 Å². The molecule has 4 rings (SSSR count). The van der Waals surface area contributed by atoms with E-state index in [0.29, 0.717) is 4.57 Å². The molecule has 5 nitrogen and oxygen atoms in total. The third-order valence-corrected chi connectivity index (χ3v) is 5.63. The molecule has 1 aliphatic rings. The van der Waals surface area contributed by atoms with E-state index < -0.39 is 52.7 Å². The fourth-order valence-corrected chi connectivity index (χ4v) is 3.70. The van der Waals surface area contributed by atoms with Crippen LogP contribution in [0.3, 0.4) is 0 Å². The van der Waals surface area contributed by atoms with Crippen molar-refractivity contribution < 1.29 is 26.3 Å². The van der Waals surface area contributed by atoms with Crippen molar-refractivity contribution in [2.24, 2.45) is 0 Å². The van der Waals surface area contributed by atoms with E-state index in [0.717, 1.165) is 12.3 Å². The third kappa shape index (κ3) is 3.69. The van der Waals surface area contributed by atoms with Gasteiger partial charge in [0.05, 0.1) is 10.9 Å². The Balaban J connectivity index is 1.88. The van der Waals surface area contributed by atoms with Crippen LogP contribution in [0.25, 0.3) is 10.9 Å². The quantitative estimate of drug-likeness (QED) is 0.417. The SMILES string of the molecule is C#C[C@@H](Nc1nc(C)nc2c(F)c(=O)n(C3(C(F)F)CC3)cc12)c1cccc(C(F)F)c1F. The van der Waals surface area contributed by atoms with Gasteiger partial charge in [-0.3, -0.25) is 4.79 Å². The van der Waals surface area contributed by atoms with Gasteiger partial charge in [-0.25, -0.2) is 31.9 Å². The smallest absolute Gasteiger partial charge is 0.289 e. The zero-order valence-electron chi connectivity index (χ0n) is 17.1. The number of aromatic nitrogens is 3. The summed E-state index contributed by atoms with van der Waals surface area (Å²) in [7, 11) is 0. The molecule has 1 aliphatic carbocycles. The number of halogens is 6. The number of nitrogens with zero attached hydrogens (tertiary/aromatic N) is 3. The van der Waals surface area contributed by atoms with E-state index in [1.165, 1.54) is 19.1 Å². The van der Waals surface area contributed by atoms with Crippen LogP contribution in [0.1, 0.15) is 42.3 Å². The van der Waals surface area contributed by atoms with Gasteiger partial charge in [0.2, 0.25) is 5.82 Å². The molecule has 0 amide bonds. The number of alkyl halides is 4. The molecule has 1 atom stereocenters. The molecule has 0 spiro atoms. The summed E-state index contributed by atoms with van der Waals surface area (Å²) in [6.45, 7) is 1.39. The van der Waals surface area contributed by atoms with Crippen molar-refractivity contribution in [2.75, 3.05) is 5.32 Å². The minimum atomic E-state index is -3.09. The zero-order valence-corrected chi connectivity index (χ0v) is 17.1. The molecule has 0 bridgehead atoms. The lowest BCUT2D eigenvalue weighted by Crippen LogP contribution is -2.37. The van der Waals surface area contributed by atoms with Crippen LogP contribution in [0, 0.1) is 30.9 Å². The molecule has 1 aromatic carbocycles. The number of hydrogen-bond donors (Lipinski definition) is 1. The Morgan fingerprint density at radius 2 is 1.79 bits per heavy atom. The van der Waals surface area contributed by atoms with E-state index in [-0.39, 0.29) is 35.4 Å². The molecule has 1 fully saturated rings. The Morgan fingerprint density at radius 3 is 2.36 bits per heavy atom. The van der Waals surface area contributed by atoms with Crippen molar-refractivity contribution in [3.63, 3.8) is 0 Å². The van der Waals surface area contributed by atoms with Gasteiger partial charge in [0.1, 0.15) is 34.6 Å². The van der Waals surface area contributed by atoms with E-state index in [2.05, 4.69) is 21.2 Å². The summed E-state index contributed by atoms with van der Waals surface area (Å²) < 4.78 is 83.6. The predicted octanol–water partition coefficient (Wildman–Crippen LogP) is 4.86. The minimum absolute atomic E-state index is 0.00798. The molecule has 1 saturated carbocycles. The van der Waals surface area contributed by atoms with E-state index in [4.69, 9.17) is 6.42 Å². The molecule has 172 valence electrons. The van der Waals surface area contributed by atoms with Gasteiger partial charge in [0, 0.05) is 11.8 Å². The first-order valence-corrected chi connectivity index (χ1v) is 9.78. The van der Waals surface area contributed by atoms with Crippen molar-refractivity contribution in [3.05, 3.63) is 63.3 Å². The van der Waals surface area contributed by atoms with Gasteiger partial charge < -0.3 is 9.88 Å². The number of terminal acetylenes is 1.